The van der Waals surface area contributed by atoms with E-state index < -0.39 is 0 Å². The van der Waals surface area contributed by atoms with Gasteiger partial charge in [-0.15, -0.1) is 11.3 Å². The molecule has 0 fully saturated rings. The molecule has 2 aromatic heterocycles. The van der Waals surface area contributed by atoms with Crippen LogP contribution < -0.4 is 0 Å². The summed E-state index contributed by atoms with van der Waals surface area (Å²) in [5.74, 6) is -0.148. The average molecular weight is 282 g/mol. The number of carbonyl (C=O) groups is 1. The summed E-state index contributed by atoms with van der Waals surface area (Å²) in [7, 11) is 1.74. The average Bonchev–Trinajstić information content (AvgIpc) is 2.74. The second kappa shape index (κ2) is 5.46. The number of aromatic nitrogens is 2. The first kappa shape index (κ1) is 13.0. The van der Waals surface area contributed by atoms with Crippen molar-refractivity contribution < 1.29 is 4.79 Å². The number of thiazole rings is 1. The van der Waals surface area contributed by atoms with Crippen molar-refractivity contribution in [3.8, 4) is 0 Å². The highest BCUT2D eigenvalue weighted by Gasteiger charge is 2.15. The zero-order valence-electron chi connectivity index (χ0n) is 10.1. The van der Waals surface area contributed by atoms with E-state index in [4.69, 9.17) is 11.6 Å². The van der Waals surface area contributed by atoms with Gasteiger partial charge >= 0.3 is 0 Å². The molecule has 4 nitrogen and oxygen atoms in total. The van der Waals surface area contributed by atoms with E-state index in [1.54, 1.807) is 40.9 Å². The number of pyridine rings is 1. The fraction of sp³-hybridized carbons (Fsp3) is 0.250. The molecular formula is C12H12ClN3OS. The summed E-state index contributed by atoms with van der Waals surface area (Å²) in [6.07, 6.45) is 1.53. The maximum atomic E-state index is 12.1. The Bertz CT molecular complexity index is 570. The Morgan fingerprint density at radius 2 is 2.28 bits per heavy atom. The van der Waals surface area contributed by atoms with E-state index in [1.807, 2.05) is 6.92 Å². The van der Waals surface area contributed by atoms with Gasteiger partial charge in [-0.05, 0) is 19.1 Å². The minimum absolute atomic E-state index is 0.148. The molecule has 6 heteroatoms. The van der Waals surface area contributed by atoms with Gasteiger partial charge in [-0.25, -0.2) is 4.98 Å². The molecule has 0 bridgehead atoms. The molecule has 0 radical (unpaired) electrons. The number of carbonyl (C=O) groups excluding carboxylic acids is 1. The maximum Gasteiger partial charge on any atom is 0.272 e. The predicted molar refractivity (Wildman–Crippen MR) is 71.9 cm³/mol. The molecule has 0 aliphatic rings. The second-order valence-electron chi connectivity index (χ2n) is 3.88. The summed E-state index contributed by atoms with van der Waals surface area (Å²) >= 11 is 7.39. The number of aryl methyl sites for hydroxylation is 1. The van der Waals surface area contributed by atoms with Crippen molar-refractivity contribution in [2.45, 2.75) is 13.5 Å². The molecule has 0 aromatic carbocycles. The number of hydrogen-bond acceptors (Lipinski definition) is 4. The number of amides is 1. The molecule has 0 saturated heterocycles. The molecular weight excluding hydrogens is 270 g/mol. The summed E-state index contributed by atoms with van der Waals surface area (Å²) in [5, 5.41) is 0.510. The van der Waals surface area contributed by atoms with Crippen LogP contribution in [0.4, 0.5) is 0 Å². The Hall–Kier alpha value is -1.46. The highest BCUT2D eigenvalue weighted by atomic mass is 35.5. The van der Waals surface area contributed by atoms with Crippen molar-refractivity contribution in [2.75, 3.05) is 7.05 Å². The van der Waals surface area contributed by atoms with Crippen molar-refractivity contribution in [2.24, 2.45) is 0 Å². The Kier molecular flexibility index (Phi) is 3.93. The monoisotopic (exact) mass is 281 g/mol. The van der Waals surface area contributed by atoms with Crippen LogP contribution in [0.1, 0.15) is 21.1 Å². The molecule has 2 rings (SSSR count). The molecule has 94 valence electrons. The largest absolute Gasteiger partial charge is 0.335 e. The fourth-order valence-electron chi connectivity index (χ4n) is 1.48. The van der Waals surface area contributed by atoms with E-state index >= 15 is 0 Å². The molecule has 0 aliphatic heterocycles. The van der Waals surface area contributed by atoms with Gasteiger partial charge in [0.15, 0.2) is 0 Å². The third-order valence-corrected chi connectivity index (χ3v) is 3.67. The summed E-state index contributed by atoms with van der Waals surface area (Å²) < 4.78 is 0. The number of hydrogen-bond donors (Lipinski definition) is 0. The molecule has 0 saturated carbocycles. The first-order chi connectivity index (χ1) is 8.58. The quantitative estimate of drug-likeness (QED) is 0.869. The molecule has 0 atom stereocenters. The highest BCUT2D eigenvalue weighted by Crippen LogP contribution is 2.16. The van der Waals surface area contributed by atoms with Gasteiger partial charge in [0.05, 0.1) is 17.7 Å². The van der Waals surface area contributed by atoms with Crippen LogP contribution in [0.5, 0.6) is 0 Å². The van der Waals surface area contributed by atoms with E-state index in [0.717, 1.165) is 10.6 Å². The Labute approximate surface area is 114 Å². The van der Waals surface area contributed by atoms with Gasteiger partial charge in [0.25, 0.3) is 5.91 Å². The van der Waals surface area contributed by atoms with Gasteiger partial charge in [-0.3, -0.25) is 9.78 Å². The van der Waals surface area contributed by atoms with E-state index in [2.05, 4.69) is 9.97 Å². The third kappa shape index (κ3) is 2.86. The van der Waals surface area contributed by atoms with Crippen LogP contribution in [0.2, 0.25) is 5.02 Å². The number of halogens is 1. The van der Waals surface area contributed by atoms with E-state index in [-0.39, 0.29) is 5.91 Å². The van der Waals surface area contributed by atoms with Gasteiger partial charge < -0.3 is 4.90 Å². The van der Waals surface area contributed by atoms with Crippen LogP contribution in [0, 0.1) is 6.92 Å². The second-order valence-corrected chi connectivity index (χ2v) is 5.26. The lowest BCUT2D eigenvalue weighted by Crippen LogP contribution is -2.26. The zero-order chi connectivity index (χ0) is 13.1. The molecule has 18 heavy (non-hydrogen) atoms. The molecule has 0 N–H and O–H groups in total. The summed E-state index contributed by atoms with van der Waals surface area (Å²) in [4.78, 5) is 23.0. The SMILES string of the molecule is Cc1ncsc1CN(C)C(=O)c1cc(Cl)ccn1. The minimum Gasteiger partial charge on any atom is -0.335 e. The van der Waals surface area contributed by atoms with Gasteiger partial charge in [0, 0.05) is 23.1 Å². The standard InChI is InChI=1S/C12H12ClN3OS/c1-8-11(18-7-15-8)6-16(2)12(17)10-5-9(13)3-4-14-10/h3-5,7H,6H2,1-2H3. The molecule has 2 aromatic rings. The number of rotatable bonds is 3. The normalized spacial score (nSPS) is 10.4. The maximum absolute atomic E-state index is 12.1. The Morgan fingerprint density at radius 1 is 1.50 bits per heavy atom. The molecule has 0 unspecified atom stereocenters. The lowest BCUT2D eigenvalue weighted by molar-refractivity contribution is 0.0780. The first-order valence-electron chi connectivity index (χ1n) is 5.34. The molecule has 0 spiro atoms. The number of nitrogens with zero attached hydrogens (tertiary/aromatic N) is 3. The van der Waals surface area contributed by atoms with E-state index in [1.165, 1.54) is 6.20 Å². The van der Waals surface area contributed by atoms with Crippen LogP contribution in [0.3, 0.4) is 0 Å². The zero-order valence-corrected chi connectivity index (χ0v) is 11.6. The van der Waals surface area contributed by atoms with Gasteiger partial charge in [0.1, 0.15) is 5.69 Å². The van der Waals surface area contributed by atoms with Gasteiger partial charge in [0.2, 0.25) is 0 Å². The van der Waals surface area contributed by atoms with Crippen LogP contribution in [0.15, 0.2) is 23.8 Å². The van der Waals surface area contributed by atoms with Crippen LogP contribution in [-0.4, -0.2) is 27.8 Å². The van der Waals surface area contributed by atoms with E-state index in [9.17, 15) is 4.79 Å². The van der Waals surface area contributed by atoms with Crippen molar-refractivity contribution in [3.05, 3.63) is 45.1 Å². The van der Waals surface area contributed by atoms with Crippen molar-refractivity contribution in [1.29, 1.82) is 0 Å². The summed E-state index contributed by atoms with van der Waals surface area (Å²) in [6, 6.07) is 3.21. The summed E-state index contributed by atoms with van der Waals surface area (Å²) in [5.41, 5.74) is 3.09. The lowest BCUT2D eigenvalue weighted by atomic mass is 10.3. The molecule has 0 aliphatic carbocycles. The van der Waals surface area contributed by atoms with Crippen LogP contribution in [0.25, 0.3) is 0 Å². The smallest absolute Gasteiger partial charge is 0.272 e. The van der Waals surface area contributed by atoms with E-state index in [0.29, 0.717) is 17.3 Å². The van der Waals surface area contributed by atoms with Crippen LogP contribution >= 0.6 is 22.9 Å². The third-order valence-electron chi connectivity index (χ3n) is 2.51. The fourth-order valence-corrected chi connectivity index (χ4v) is 2.47. The summed E-state index contributed by atoms with van der Waals surface area (Å²) in [6.45, 7) is 2.46. The van der Waals surface area contributed by atoms with Gasteiger partial charge in [-0.1, -0.05) is 11.6 Å². The highest BCUT2D eigenvalue weighted by molar-refractivity contribution is 7.09. The van der Waals surface area contributed by atoms with Crippen molar-refractivity contribution in [1.82, 2.24) is 14.9 Å². The van der Waals surface area contributed by atoms with Crippen molar-refractivity contribution >= 4 is 28.8 Å². The first-order valence-corrected chi connectivity index (χ1v) is 6.59. The predicted octanol–water partition coefficient (Wildman–Crippen LogP) is 2.77. The molecule has 2 heterocycles. The molecule has 1 amide bonds. The Morgan fingerprint density at radius 3 is 2.89 bits per heavy atom. The van der Waals surface area contributed by atoms with Crippen molar-refractivity contribution in [3.63, 3.8) is 0 Å². The minimum atomic E-state index is -0.148. The Balaban J connectivity index is 2.12. The van der Waals surface area contributed by atoms with Crippen LogP contribution in [-0.2, 0) is 6.54 Å². The lowest BCUT2D eigenvalue weighted by Gasteiger charge is -2.16. The topological polar surface area (TPSA) is 46.1 Å². The van der Waals surface area contributed by atoms with Gasteiger partial charge in [-0.2, -0.15) is 0 Å².